The van der Waals surface area contributed by atoms with E-state index in [1.165, 1.54) is 0 Å². The lowest BCUT2D eigenvalue weighted by Crippen LogP contribution is -2.36. The molecule has 3 N–H and O–H groups in total. The summed E-state index contributed by atoms with van der Waals surface area (Å²) in [5.41, 5.74) is 2.63. The molecule has 150 valence electrons. The van der Waals surface area contributed by atoms with Crippen molar-refractivity contribution in [3.8, 4) is 11.5 Å². The van der Waals surface area contributed by atoms with Gasteiger partial charge in [-0.2, -0.15) is 0 Å². The zero-order valence-electron chi connectivity index (χ0n) is 16.4. The standard InChI is InChI=1S/C22H28N2O4/c1-3-11-27-19-10-9-16(14-20(19)28-12-4-2)23-22(26)24-21-17-8-6-5-7-15(17)13-18(21)25/h5-10,14,18,21,25H,3-4,11-13H2,1-2H3,(H2,23,24,26)/t18-,21+/m0/s1. The Labute approximate surface area is 165 Å². The summed E-state index contributed by atoms with van der Waals surface area (Å²) in [6, 6.07) is 12.3. The molecule has 2 atom stereocenters. The number of hydrogen-bond donors (Lipinski definition) is 3. The highest BCUT2D eigenvalue weighted by Gasteiger charge is 2.31. The molecule has 1 aliphatic carbocycles. The number of hydrogen-bond acceptors (Lipinski definition) is 4. The summed E-state index contributed by atoms with van der Waals surface area (Å²) in [6.45, 7) is 5.26. The van der Waals surface area contributed by atoms with Gasteiger partial charge in [0.05, 0.1) is 25.4 Å². The minimum Gasteiger partial charge on any atom is -0.490 e. The fourth-order valence-electron chi connectivity index (χ4n) is 3.30. The molecule has 28 heavy (non-hydrogen) atoms. The van der Waals surface area contributed by atoms with E-state index in [4.69, 9.17) is 9.47 Å². The molecule has 0 heterocycles. The van der Waals surface area contributed by atoms with Crippen LogP contribution >= 0.6 is 0 Å². The molecule has 0 bridgehead atoms. The van der Waals surface area contributed by atoms with E-state index < -0.39 is 12.1 Å². The summed E-state index contributed by atoms with van der Waals surface area (Å²) in [4.78, 5) is 12.5. The number of amides is 2. The van der Waals surface area contributed by atoms with Gasteiger partial charge in [-0.05, 0) is 36.1 Å². The number of carbonyl (C=O) groups excluding carboxylic acids is 1. The van der Waals surface area contributed by atoms with Gasteiger partial charge in [-0.25, -0.2) is 4.79 Å². The van der Waals surface area contributed by atoms with E-state index >= 15 is 0 Å². The minimum atomic E-state index is -0.628. The summed E-state index contributed by atoms with van der Waals surface area (Å²) in [7, 11) is 0. The molecule has 0 saturated heterocycles. The molecule has 1 aliphatic rings. The van der Waals surface area contributed by atoms with Gasteiger partial charge in [0.15, 0.2) is 11.5 Å². The molecule has 6 heteroatoms. The van der Waals surface area contributed by atoms with E-state index in [1.54, 1.807) is 18.2 Å². The Morgan fingerprint density at radius 2 is 1.79 bits per heavy atom. The number of nitrogens with one attached hydrogen (secondary N) is 2. The Hall–Kier alpha value is -2.73. The number of carbonyl (C=O) groups is 1. The van der Waals surface area contributed by atoms with Gasteiger partial charge in [-0.3, -0.25) is 0 Å². The van der Waals surface area contributed by atoms with E-state index in [-0.39, 0.29) is 6.03 Å². The third-order valence-electron chi connectivity index (χ3n) is 4.62. The van der Waals surface area contributed by atoms with Crippen LogP contribution in [0.3, 0.4) is 0 Å². The fourth-order valence-corrected chi connectivity index (χ4v) is 3.30. The molecule has 6 nitrogen and oxygen atoms in total. The predicted octanol–water partition coefficient (Wildman–Crippen LogP) is 4.04. The maximum Gasteiger partial charge on any atom is 0.319 e. The number of aliphatic hydroxyl groups excluding tert-OH is 1. The molecular weight excluding hydrogens is 356 g/mol. The highest BCUT2D eigenvalue weighted by atomic mass is 16.5. The Balaban J connectivity index is 1.68. The number of aliphatic hydroxyl groups is 1. The van der Waals surface area contributed by atoms with E-state index in [1.807, 2.05) is 38.1 Å². The molecule has 0 aliphatic heterocycles. The third kappa shape index (κ3) is 4.75. The number of anilines is 1. The average molecular weight is 384 g/mol. The van der Waals surface area contributed by atoms with Crippen LogP contribution in [-0.2, 0) is 6.42 Å². The number of rotatable bonds is 8. The predicted molar refractivity (Wildman–Crippen MR) is 109 cm³/mol. The first-order valence-electron chi connectivity index (χ1n) is 9.85. The van der Waals surface area contributed by atoms with Gasteiger partial charge >= 0.3 is 6.03 Å². The lowest BCUT2D eigenvalue weighted by Gasteiger charge is -2.19. The Morgan fingerprint density at radius 3 is 2.54 bits per heavy atom. The highest BCUT2D eigenvalue weighted by molar-refractivity contribution is 5.90. The van der Waals surface area contributed by atoms with Gasteiger partial charge in [0.2, 0.25) is 0 Å². The molecule has 0 aromatic heterocycles. The lowest BCUT2D eigenvalue weighted by molar-refractivity contribution is 0.144. The van der Waals surface area contributed by atoms with Crippen LogP contribution in [0.25, 0.3) is 0 Å². The highest BCUT2D eigenvalue weighted by Crippen LogP contribution is 2.32. The van der Waals surface area contributed by atoms with E-state index in [2.05, 4.69) is 10.6 Å². The van der Waals surface area contributed by atoms with Crippen molar-refractivity contribution in [1.82, 2.24) is 5.32 Å². The van der Waals surface area contributed by atoms with Crippen molar-refractivity contribution in [2.45, 2.75) is 45.3 Å². The van der Waals surface area contributed by atoms with Crippen LogP contribution in [0, 0.1) is 0 Å². The van der Waals surface area contributed by atoms with Crippen molar-refractivity contribution in [3.63, 3.8) is 0 Å². The van der Waals surface area contributed by atoms with E-state index in [0.717, 1.165) is 24.0 Å². The monoisotopic (exact) mass is 384 g/mol. The molecule has 0 unspecified atom stereocenters. The van der Waals surface area contributed by atoms with Crippen molar-refractivity contribution < 1.29 is 19.4 Å². The molecule has 2 amide bonds. The largest absolute Gasteiger partial charge is 0.490 e. The van der Waals surface area contributed by atoms with Gasteiger partial charge in [-0.1, -0.05) is 38.1 Å². The molecule has 3 rings (SSSR count). The Kier molecular flexibility index (Phi) is 6.76. The van der Waals surface area contributed by atoms with Crippen molar-refractivity contribution in [3.05, 3.63) is 53.6 Å². The first-order chi connectivity index (χ1) is 13.6. The van der Waals surface area contributed by atoms with Gasteiger partial charge < -0.3 is 25.2 Å². The van der Waals surface area contributed by atoms with Crippen LogP contribution in [0.1, 0.15) is 43.9 Å². The normalized spacial score (nSPS) is 17.7. The quantitative estimate of drug-likeness (QED) is 0.642. The number of fused-ring (bicyclic) bond motifs is 1. The maximum atomic E-state index is 12.5. The molecule has 0 spiro atoms. The lowest BCUT2D eigenvalue weighted by atomic mass is 10.1. The molecule has 2 aromatic rings. The summed E-state index contributed by atoms with van der Waals surface area (Å²) in [5, 5.41) is 16.0. The first-order valence-corrected chi connectivity index (χ1v) is 9.85. The Bertz CT molecular complexity index is 809. The topological polar surface area (TPSA) is 79.8 Å². The first kappa shape index (κ1) is 20.0. The van der Waals surface area contributed by atoms with Crippen molar-refractivity contribution in [2.24, 2.45) is 0 Å². The van der Waals surface area contributed by atoms with Crippen LogP contribution < -0.4 is 20.1 Å². The van der Waals surface area contributed by atoms with Crippen molar-refractivity contribution >= 4 is 11.7 Å². The van der Waals surface area contributed by atoms with Crippen LogP contribution in [0.5, 0.6) is 11.5 Å². The van der Waals surface area contributed by atoms with Crippen LogP contribution in [-0.4, -0.2) is 30.5 Å². The summed E-state index contributed by atoms with van der Waals surface area (Å²) in [5.74, 6) is 1.28. The second-order valence-electron chi connectivity index (χ2n) is 6.90. The fraction of sp³-hybridized carbons (Fsp3) is 0.409. The minimum absolute atomic E-state index is 0.371. The average Bonchev–Trinajstić information content (AvgIpc) is 3.00. The third-order valence-corrected chi connectivity index (χ3v) is 4.62. The van der Waals surface area contributed by atoms with Gasteiger partial charge in [0.1, 0.15) is 0 Å². The van der Waals surface area contributed by atoms with Gasteiger partial charge in [0.25, 0.3) is 0 Å². The zero-order chi connectivity index (χ0) is 19.9. The van der Waals surface area contributed by atoms with Crippen LogP contribution in [0.4, 0.5) is 10.5 Å². The molecule has 2 aromatic carbocycles. The maximum absolute atomic E-state index is 12.5. The summed E-state index contributed by atoms with van der Waals surface area (Å²) < 4.78 is 11.5. The summed E-state index contributed by atoms with van der Waals surface area (Å²) >= 11 is 0. The Morgan fingerprint density at radius 1 is 1.07 bits per heavy atom. The number of ether oxygens (including phenoxy) is 2. The number of urea groups is 1. The van der Waals surface area contributed by atoms with Gasteiger partial charge in [-0.15, -0.1) is 0 Å². The second kappa shape index (κ2) is 9.46. The molecule has 0 radical (unpaired) electrons. The zero-order valence-corrected chi connectivity index (χ0v) is 16.4. The summed E-state index contributed by atoms with van der Waals surface area (Å²) in [6.07, 6.45) is 1.70. The van der Waals surface area contributed by atoms with Crippen molar-refractivity contribution in [1.29, 1.82) is 0 Å². The van der Waals surface area contributed by atoms with E-state index in [9.17, 15) is 9.90 Å². The van der Waals surface area contributed by atoms with Crippen LogP contribution in [0.2, 0.25) is 0 Å². The molecular formula is C22H28N2O4. The van der Waals surface area contributed by atoms with Gasteiger partial charge in [0, 0.05) is 18.2 Å². The van der Waals surface area contributed by atoms with Crippen molar-refractivity contribution in [2.75, 3.05) is 18.5 Å². The molecule has 0 fully saturated rings. The smallest absolute Gasteiger partial charge is 0.319 e. The van der Waals surface area contributed by atoms with Crippen LogP contribution in [0.15, 0.2) is 42.5 Å². The van der Waals surface area contributed by atoms with E-state index in [0.29, 0.717) is 36.8 Å². The second-order valence-corrected chi connectivity index (χ2v) is 6.90. The molecule has 0 saturated carbocycles. The SMILES string of the molecule is CCCOc1ccc(NC(=O)N[C@@H]2c3ccccc3C[C@@H]2O)cc1OCCC. The number of benzene rings is 2.